The summed E-state index contributed by atoms with van der Waals surface area (Å²) in [5.41, 5.74) is 6.39. The third-order valence-corrected chi connectivity index (χ3v) is 4.53. The highest BCUT2D eigenvalue weighted by Crippen LogP contribution is 2.32. The van der Waals surface area contributed by atoms with Crippen molar-refractivity contribution in [2.45, 2.75) is 4.90 Å². The van der Waals surface area contributed by atoms with Gasteiger partial charge in [0.15, 0.2) is 5.78 Å². The third kappa shape index (κ3) is 2.69. The van der Waals surface area contributed by atoms with Crippen LogP contribution < -0.4 is 5.73 Å². The van der Waals surface area contributed by atoms with Gasteiger partial charge in [0, 0.05) is 16.5 Å². The van der Waals surface area contributed by atoms with Gasteiger partial charge in [-0.3, -0.25) is 9.35 Å². The van der Waals surface area contributed by atoms with Crippen LogP contribution in [0.25, 0.3) is 10.8 Å². The number of anilines is 1. The van der Waals surface area contributed by atoms with E-state index in [1.54, 1.807) is 48.5 Å². The number of carbonyl (C=O) groups is 1. The molecule has 0 aromatic heterocycles. The van der Waals surface area contributed by atoms with Gasteiger partial charge in [-0.2, -0.15) is 8.42 Å². The van der Waals surface area contributed by atoms with Crippen molar-refractivity contribution >= 4 is 32.4 Å². The van der Waals surface area contributed by atoms with E-state index in [4.69, 9.17) is 5.73 Å². The number of hydrogen-bond donors (Lipinski definition) is 2. The second-order valence-corrected chi connectivity index (χ2v) is 6.42. The summed E-state index contributed by atoms with van der Waals surface area (Å²) in [6, 6.07) is 16.4. The molecule has 0 aliphatic carbocycles. The van der Waals surface area contributed by atoms with Crippen LogP contribution >= 0.6 is 0 Å². The molecule has 0 saturated carbocycles. The SMILES string of the molecule is Nc1cc(C(=O)c2ccccc2)c2ccccc2c1S(=O)(=O)O. The minimum absolute atomic E-state index is 0.162. The number of carbonyl (C=O) groups excluding carboxylic acids is 1. The van der Waals surface area contributed by atoms with Crippen LogP contribution in [-0.4, -0.2) is 18.8 Å². The first kappa shape index (κ1) is 15.2. The molecule has 0 aliphatic heterocycles. The Kier molecular flexibility index (Phi) is 3.63. The highest BCUT2D eigenvalue weighted by Gasteiger charge is 2.22. The van der Waals surface area contributed by atoms with Crippen molar-refractivity contribution in [3.05, 3.63) is 71.8 Å². The van der Waals surface area contributed by atoms with Crippen LogP contribution in [0, 0.1) is 0 Å². The van der Waals surface area contributed by atoms with Crippen molar-refractivity contribution in [1.82, 2.24) is 0 Å². The van der Waals surface area contributed by atoms with Gasteiger partial charge >= 0.3 is 0 Å². The maximum Gasteiger partial charge on any atom is 0.297 e. The molecule has 0 unspecified atom stereocenters. The maximum absolute atomic E-state index is 12.7. The minimum atomic E-state index is -4.50. The average Bonchev–Trinajstić information content (AvgIpc) is 2.53. The molecule has 0 bridgehead atoms. The monoisotopic (exact) mass is 327 g/mol. The summed E-state index contributed by atoms with van der Waals surface area (Å²) in [5, 5.41) is 0.637. The molecule has 5 nitrogen and oxygen atoms in total. The topological polar surface area (TPSA) is 97.5 Å². The van der Waals surface area contributed by atoms with Crippen molar-refractivity contribution in [3.8, 4) is 0 Å². The Labute approximate surface area is 133 Å². The lowest BCUT2D eigenvalue weighted by atomic mass is 9.96. The molecule has 3 rings (SSSR count). The van der Waals surface area contributed by atoms with Crippen LogP contribution in [0.4, 0.5) is 5.69 Å². The van der Waals surface area contributed by atoms with E-state index >= 15 is 0 Å². The summed E-state index contributed by atoms with van der Waals surface area (Å²) in [5.74, 6) is -0.268. The fourth-order valence-corrected chi connectivity index (χ4v) is 3.40. The quantitative estimate of drug-likeness (QED) is 0.438. The van der Waals surface area contributed by atoms with Crippen LogP contribution in [0.2, 0.25) is 0 Å². The molecule has 116 valence electrons. The number of benzene rings is 3. The average molecular weight is 327 g/mol. The van der Waals surface area contributed by atoms with Crippen molar-refractivity contribution in [3.63, 3.8) is 0 Å². The van der Waals surface area contributed by atoms with Crippen molar-refractivity contribution < 1.29 is 17.8 Å². The summed E-state index contributed by atoms with van der Waals surface area (Å²) >= 11 is 0. The third-order valence-electron chi connectivity index (χ3n) is 3.56. The van der Waals surface area contributed by atoms with Crippen LogP contribution in [0.3, 0.4) is 0 Å². The fourth-order valence-electron chi connectivity index (χ4n) is 2.59. The van der Waals surface area contributed by atoms with E-state index in [0.717, 1.165) is 0 Å². The Bertz CT molecular complexity index is 1010. The maximum atomic E-state index is 12.7. The Hall–Kier alpha value is -2.70. The number of nitrogen functional groups attached to an aromatic ring is 1. The van der Waals surface area contributed by atoms with Crippen LogP contribution in [-0.2, 0) is 10.1 Å². The summed E-state index contributed by atoms with van der Waals surface area (Å²) in [6.07, 6.45) is 0. The minimum Gasteiger partial charge on any atom is -0.398 e. The van der Waals surface area contributed by atoms with E-state index in [1.165, 1.54) is 12.1 Å². The zero-order chi connectivity index (χ0) is 16.6. The number of rotatable bonds is 3. The lowest BCUT2D eigenvalue weighted by Gasteiger charge is -2.12. The normalized spacial score (nSPS) is 11.5. The van der Waals surface area contributed by atoms with Crippen LogP contribution in [0.5, 0.6) is 0 Å². The number of fused-ring (bicyclic) bond motifs is 1. The molecular weight excluding hydrogens is 314 g/mol. The predicted octanol–water partition coefficient (Wildman–Crippen LogP) is 2.90. The Morgan fingerprint density at radius 2 is 1.48 bits per heavy atom. The van der Waals surface area contributed by atoms with Gasteiger partial charge in [0.2, 0.25) is 0 Å². The molecule has 6 heteroatoms. The second-order valence-electron chi connectivity index (χ2n) is 5.06. The zero-order valence-corrected chi connectivity index (χ0v) is 12.7. The van der Waals surface area contributed by atoms with Gasteiger partial charge in [-0.1, -0.05) is 54.6 Å². The first-order valence-electron chi connectivity index (χ1n) is 6.78. The lowest BCUT2D eigenvalue weighted by Crippen LogP contribution is -2.09. The van der Waals surface area contributed by atoms with Crippen molar-refractivity contribution in [2.24, 2.45) is 0 Å². The molecule has 0 atom stereocenters. The van der Waals surface area contributed by atoms with E-state index < -0.39 is 10.1 Å². The largest absolute Gasteiger partial charge is 0.398 e. The molecule has 3 N–H and O–H groups in total. The Morgan fingerprint density at radius 3 is 2.09 bits per heavy atom. The first-order valence-corrected chi connectivity index (χ1v) is 8.22. The fraction of sp³-hybridized carbons (Fsp3) is 0. The molecule has 0 fully saturated rings. The summed E-state index contributed by atoms with van der Waals surface area (Å²) in [7, 11) is -4.50. The molecule has 0 saturated heterocycles. The van der Waals surface area contributed by atoms with Crippen molar-refractivity contribution in [2.75, 3.05) is 5.73 Å². The molecule has 0 heterocycles. The second kappa shape index (κ2) is 5.49. The standard InChI is InChI=1S/C17H13NO4S/c18-15-10-14(16(19)11-6-2-1-3-7-11)12-8-4-5-9-13(12)17(15)23(20,21)22/h1-10H,18H2,(H,20,21,22). The number of hydrogen-bond acceptors (Lipinski definition) is 4. The highest BCUT2D eigenvalue weighted by molar-refractivity contribution is 7.86. The first-order chi connectivity index (χ1) is 10.9. The van der Waals surface area contributed by atoms with Crippen LogP contribution in [0.15, 0.2) is 65.6 Å². The van der Waals surface area contributed by atoms with Gasteiger partial charge in [-0.15, -0.1) is 0 Å². The molecule has 0 aliphatic rings. The van der Waals surface area contributed by atoms with E-state index in [2.05, 4.69) is 0 Å². The van der Waals surface area contributed by atoms with Gasteiger partial charge in [-0.25, -0.2) is 0 Å². The van der Waals surface area contributed by atoms with E-state index in [9.17, 15) is 17.8 Å². The molecule has 0 amide bonds. The molecule has 3 aromatic carbocycles. The summed E-state index contributed by atoms with van der Waals surface area (Å²) in [6.45, 7) is 0. The number of ketones is 1. The summed E-state index contributed by atoms with van der Waals surface area (Å²) in [4.78, 5) is 12.3. The molecule has 0 spiro atoms. The van der Waals surface area contributed by atoms with Crippen LogP contribution in [0.1, 0.15) is 15.9 Å². The molecule has 23 heavy (non-hydrogen) atoms. The lowest BCUT2D eigenvalue weighted by molar-refractivity contribution is 0.104. The van der Waals surface area contributed by atoms with Gasteiger partial charge < -0.3 is 5.73 Å². The Balaban J connectivity index is 2.35. The van der Waals surface area contributed by atoms with E-state index in [1.807, 2.05) is 0 Å². The van der Waals surface area contributed by atoms with E-state index in [-0.39, 0.29) is 27.3 Å². The molecule has 0 radical (unpaired) electrons. The van der Waals surface area contributed by atoms with Gasteiger partial charge in [0.05, 0.1) is 5.69 Å². The predicted molar refractivity (Wildman–Crippen MR) is 88.0 cm³/mol. The van der Waals surface area contributed by atoms with Crippen molar-refractivity contribution in [1.29, 1.82) is 0 Å². The van der Waals surface area contributed by atoms with Gasteiger partial charge in [0.1, 0.15) is 4.90 Å². The molecular formula is C17H13NO4S. The highest BCUT2D eigenvalue weighted by atomic mass is 32.2. The zero-order valence-electron chi connectivity index (χ0n) is 11.9. The molecule has 3 aromatic rings. The number of nitrogens with two attached hydrogens (primary N) is 1. The van der Waals surface area contributed by atoms with Gasteiger partial charge in [0.25, 0.3) is 10.1 Å². The summed E-state index contributed by atoms with van der Waals surface area (Å²) < 4.78 is 32.6. The van der Waals surface area contributed by atoms with Gasteiger partial charge in [-0.05, 0) is 11.5 Å². The Morgan fingerprint density at radius 1 is 0.913 bits per heavy atom. The van der Waals surface area contributed by atoms with E-state index in [0.29, 0.717) is 10.9 Å². The smallest absolute Gasteiger partial charge is 0.297 e.